The third-order valence-corrected chi connectivity index (χ3v) is 3.33. The molecule has 0 aliphatic rings. The first kappa shape index (κ1) is 11.1. The predicted molar refractivity (Wildman–Crippen MR) is 61.9 cm³/mol. The summed E-state index contributed by atoms with van der Waals surface area (Å²) >= 11 is 1.53. The molecule has 0 aliphatic heterocycles. The Morgan fingerprint density at radius 2 is 2.50 bits per heavy atom. The molecule has 16 heavy (non-hydrogen) atoms. The maximum Gasteiger partial charge on any atom is 0.304 e. The van der Waals surface area contributed by atoms with Crippen molar-refractivity contribution in [2.75, 3.05) is 6.54 Å². The number of hydrogen-bond donors (Lipinski definition) is 2. The Bertz CT molecular complexity index is 517. The predicted octanol–water partition coefficient (Wildman–Crippen LogP) is 1.22. The van der Waals surface area contributed by atoms with Crippen molar-refractivity contribution in [1.82, 2.24) is 9.38 Å². The minimum atomic E-state index is -0.833. The monoisotopic (exact) mass is 239 g/mol. The fourth-order valence-electron chi connectivity index (χ4n) is 1.91. The summed E-state index contributed by atoms with van der Waals surface area (Å²) in [5, 5.41) is 10.8. The first-order valence-electron chi connectivity index (χ1n) is 4.97. The van der Waals surface area contributed by atoms with E-state index in [1.807, 2.05) is 22.9 Å². The molecule has 2 aromatic rings. The summed E-state index contributed by atoms with van der Waals surface area (Å²) < 4.78 is 1.93. The average molecular weight is 239 g/mol. The van der Waals surface area contributed by atoms with Crippen molar-refractivity contribution in [3.05, 3.63) is 23.0 Å². The third kappa shape index (κ3) is 1.81. The van der Waals surface area contributed by atoms with Crippen LogP contribution in [0.5, 0.6) is 0 Å². The number of aliphatic carboxylic acids is 1. The highest BCUT2D eigenvalue weighted by molar-refractivity contribution is 7.15. The molecule has 0 saturated carbocycles. The number of hydrogen-bond acceptors (Lipinski definition) is 4. The summed E-state index contributed by atoms with van der Waals surface area (Å²) in [7, 11) is 0. The molecular formula is C10H13N3O2S. The zero-order chi connectivity index (χ0) is 11.7. The van der Waals surface area contributed by atoms with E-state index in [0.29, 0.717) is 6.54 Å². The lowest BCUT2D eigenvalue weighted by molar-refractivity contribution is -0.137. The van der Waals surface area contributed by atoms with Gasteiger partial charge in [-0.2, -0.15) is 0 Å². The van der Waals surface area contributed by atoms with Gasteiger partial charge >= 0.3 is 5.97 Å². The van der Waals surface area contributed by atoms with Crippen molar-refractivity contribution in [2.24, 2.45) is 5.73 Å². The van der Waals surface area contributed by atoms with Crippen LogP contribution in [0, 0.1) is 6.92 Å². The number of aromatic nitrogens is 2. The Kier molecular flexibility index (Phi) is 2.93. The number of nitrogens with zero attached hydrogens (tertiary/aromatic N) is 2. The Balaban J connectivity index is 2.46. The summed E-state index contributed by atoms with van der Waals surface area (Å²) in [6.07, 6.45) is 1.95. The number of aryl methyl sites for hydroxylation is 1. The first-order chi connectivity index (χ1) is 7.63. The van der Waals surface area contributed by atoms with Crippen LogP contribution < -0.4 is 5.73 Å². The number of imidazole rings is 1. The topological polar surface area (TPSA) is 80.6 Å². The maximum absolute atomic E-state index is 10.8. The third-order valence-electron chi connectivity index (χ3n) is 2.58. The van der Waals surface area contributed by atoms with Gasteiger partial charge in [0.05, 0.1) is 17.8 Å². The van der Waals surface area contributed by atoms with Gasteiger partial charge in [-0.15, -0.1) is 11.3 Å². The standard InChI is InChI=1S/C10H13N3O2S/c1-6-9(7(5-11)4-8(14)15)13-2-3-16-10(13)12-6/h2-3,7H,4-5,11H2,1H3,(H,14,15). The van der Waals surface area contributed by atoms with Gasteiger partial charge in [0.1, 0.15) is 0 Å². The van der Waals surface area contributed by atoms with Gasteiger partial charge in [0, 0.05) is 24.0 Å². The van der Waals surface area contributed by atoms with Crippen molar-refractivity contribution in [2.45, 2.75) is 19.3 Å². The minimum Gasteiger partial charge on any atom is -0.481 e. The van der Waals surface area contributed by atoms with E-state index in [-0.39, 0.29) is 12.3 Å². The van der Waals surface area contributed by atoms with Gasteiger partial charge in [-0.05, 0) is 6.92 Å². The van der Waals surface area contributed by atoms with Crippen LogP contribution in [0.4, 0.5) is 0 Å². The fraction of sp³-hybridized carbons (Fsp3) is 0.400. The van der Waals surface area contributed by atoms with Gasteiger partial charge in [0.2, 0.25) is 0 Å². The zero-order valence-corrected chi connectivity index (χ0v) is 9.70. The van der Waals surface area contributed by atoms with Gasteiger partial charge in [-0.1, -0.05) is 0 Å². The summed E-state index contributed by atoms with van der Waals surface area (Å²) in [6.45, 7) is 2.20. The molecule has 1 atom stereocenters. The molecule has 0 amide bonds. The second-order valence-electron chi connectivity index (χ2n) is 3.67. The van der Waals surface area contributed by atoms with Crippen molar-refractivity contribution >= 4 is 22.3 Å². The molecule has 6 heteroatoms. The number of carboxylic acid groups (broad SMARTS) is 1. The molecule has 0 spiro atoms. The number of carboxylic acids is 1. The quantitative estimate of drug-likeness (QED) is 0.840. The number of carbonyl (C=O) groups is 1. The van der Waals surface area contributed by atoms with Crippen LogP contribution in [-0.4, -0.2) is 27.0 Å². The lowest BCUT2D eigenvalue weighted by Gasteiger charge is -2.12. The molecule has 2 heterocycles. The van der Waals surface area contributed by atoms with Gasteiger partial charge < -0.3 is 10.8 Å². The number of thiazole rings is 1. The van der Waals surface area contributed by atoms with E-state index >= 15 is 0 Å². The molecule has 1 unspecified atom stereocenters. The molecule has 0 fully saturated rings. The molecule has 2 rings (SSSR count). The minimum absolute atomic E-state index is 0.0426. The van der Waals surface area contributed by atoms with Gasteiger partial charge in [-0.3, -0.25) is 9.20 Å². The van der Waals surface area contributed by atoms with Crippen molar-refractivity contribution < 1.29 is 9.90 Å². The van der Waals surface area contributed by atoms with E-state index in [4.69, 9.17) is 10.8 Å². The molecule has 86 valence electrons. The summed E-state index contributed by atoms with van der Waals surface area (Å²) in [6, 6.07) is 0. The summed E-state index contributed by atoms with van der Waals surface area (Å²) in [4.78, 5) is 16.0. The number of fused-ring (bicyclic) bond motifs is 1. The molecular weight excluding hydrogens is 226 g/mol. The highest BCUT2D eigenvalue weighted by Crippen LogP contribution is 2.25. The van der Waals surface area contributed by atoms with Crippen LogP contribution in [0.1, 0.15) is 23.7 Å². The molecule has 0 radical (unpaired) electrons. The lowest BCUT2D eigenvalue weighted by Crippen LogP contribution is -2.18. The molecule has 2 aromatic heterocycles. The van der Waals surface area contributed by atoms with Crippen LogP contribution >= 0.6 is 11.3 Å². The van der Waals surface area contributed by atoms with Crippen molar-refractivity contribution in [3.8, 4) is 0 Å². The lowest BCUT2D eigenvalue weighted by atomic mass is 10.0. The van der Waals surface area contributed by atoms with E-state index in [1.165, 1.54) is 11.3 Å². The van der Waals surface area contributed by atoms with E-state index in [9.17, 15) is 4.79 Å². The zero-order valence-electron chi connectivity index (χ0n) is 8.88. The van der Waals surface area contributed by atoms with Crippen LogP contribution in [0.2, 0.25) is 0 Å². The number of rotatable bonds is 4. The fourth-order valence-corrected chi connectivity index (χ4v) is 2.67. The summed E-state index contributed by atoms with van der Waals surface area (Å²) in [5.74, 6) is -1.01. The Morgan fingerprint density at radius 3 is 3.12 bits per heavy atom. The highest BCUT2D eigenvalue weighted by Gasteiger charge is 2.21. The SMILES string of the molecule is Cc1nc2sccn2c1C(CN)CC(=O)O. The Morgan fingerprint density at radius 1 is 1.75 bits per heavy atom. The Labute approximate surface area is 96.5 Å². The van der Waals surface area contributed by atoms with E-state index in [0.717, 1.165) is 16.3 Å². The highest BCUT2D eigenvalue weighted by atomic mass is 32.1. The summed E-state index contributed by atoms with van der Waals surface area (Å²) in [5.41, 5.74) is 7.42. The molecule has 0 bridgehead atoms. The van der Waals surface area contributed by atoms with Gasteiger partial charge in [0.15, 0.2) is 4.96 Å². The van der Waals surface area contributed by atoms with Crippen LogP contribution in [0.3, 0.4) is 0 Å². The molecule has 3 N–H and O–H groups in total. The van der Waals surface area contributed by atoms with Gasteiger partial charge in [0.25, 0.3) is 0 Å². The molecule has 5 nitrogen and oxygen atoms in total. The normalized spacial score (nSPS) is 13.1. The van der Waals surface area contributed by atoms with E-state index in [1.54, 1.807) is 0 Å². The van der Waals surface area contributed by atoms with Gasteiger partial charge in [-0.25, -0.2) is 4.98 Å². The smallest absolute Gasteiger partial charge is 0.304 e. The van der Waals surface area contributed by atoms with Crippen LogP contribution in [0.25, 0.3) is 4.96 Å². The first-order valence-corrected chi connectivity index (χ1v) is 5.85. The van der Waals surface area contributed by atoms with Crippen LogP contribution in [0.15, 0.2) is 11.6 Å². The molecule has 0 aromatic carbocycles. The molecule has 0 aliphatic carbocycles. The molecule has 0 saturated heterocycles. The van der Waals surface area contributed by atoms with E-state index in [2.05, 4.69) is 4.98 Å². The van der Waals surface area contributed by atoms with Crippen molar-refractivity contribution in [1.29, 1.82) is 0 Å². The second-order valence-corrected chi connectivity index (χ2v) is 4.54. The maximum atomic E-state index is 10.8. The van der Waals surface area contributed by atoms with Crippen LogP contribution in [-0.2, 0) is 4.79 Å². The van der Waals surface area contributed by atoms with Crippen molar-refractivity contribution in [3.63, 3.8) is 0 Å². The Hall–Kier alpha value is -1.40. The van der Waals surface area contributed by atoms with E-state index < -0.39 is 5.97 Å². The largest absolute Gasteiger partial charge is 0.481 e. The second kappa shape index (κ2) is 4.23. The number of nitrogens with two attached hydrogens (primary N) is 1. The average Bonchev–Trinajstić information content (AvgIpc) is 2.74.